The van der Waals surface area contributed by atoms with Crippen molar-refractivity contribution in [3.8, 4) is 0 Å². The van der Waals surface area contributed by atoms with Crippen molar-refractivity contribution in [1.29, 1.82) is 0 Å². The van der Waals surface area contributed by atoms with Crippen LogP contribution in [0.3, 0.4) is 0 Å². The van der Waals surface area contributed by atoms with Crippen LogP contribution >= 0.6 is 0 Å². The van der Waals surface area contributed by atoms with E-state index in [1.807, 2.05) is 0 Å². The SMILES string of the molecule is CCCCCCCCCCCCC(CCCCCCCCCC)(C(=O)[O-])C(=O)[O-].[Li+].[Na+]. The van der Waals surface area contributed by atoms with Crippen molar-refractivity contribution in [1.82, 2.24) is 0 Å². The molecule has 4 nitrogen and oxygen atoms in total. The van der Waals surface area contributed by atoms with Crippen molar-refractivity contribution in [2.24, 2.45) is 5.41 Å². The maximum Gasteiger partial charge on any atom is 1.00 e. The number of aliphatic carboxylic acids is 2. The summed E-state index contributed by atoms with van der Waals surface area (Å²) in [6, 6.07) is 0. The molecule has 0 spiro atoms. The van der Waals surface area contributed by atoms with Crippen molar-refractivity contribution in [2.75, 3.05) is 0 Å². The van der Waals surface area contributed by atoms with Crippen molar-refractivity contribution in [3.63, 3.8) is 0 Å². The number of hydrogen-bond acceptors (Lipinski definition) is 4. The van der Waals surface area contributed by atoms with Crippen LogP contribution in [0, 0.1) is 5.41 Å². The van der Waals surface area contributed by atoms with E-state index in [9.17, 15) is 19.8 Å². The zero-order chi connectivity index (χ0) is 21.8. The first-order valence-electron chi connectivity index (χ1n) is 12.4. The Morgan fingerprint density at radius 3 is 0.968 bits per heavy atom. The van der Waals surface area contributed by atoms with Gasteiger partial charge < -0.3 is 19.8 Å². The molecule has 0 unspecified atom stereocenters. The first-order chi connectivity index (χ1) is 14.0. The van der Waals surface area contributed by atoms with E-state index >= 15 is 0 Å². The molecule has 0 saturated carbocycles. The summed E-state index contributed by atoms with van der Waals surface area (Å²) in [5.41, 5.74) is -1.80. The molecule has 0 saturated heterocycles. The molecule has 0 aliphatic carbocycles. The molecular weight excluding hydrogens is 394 g/mol. The smallest absolute Gasteiger partial charge is 0.549 e. The van der Waals surface area contributed by atoms with Gasteiger partial charge >= 0.3 is 48.4 Å². The van der Waals surface area contributed by atoms with Crippen molar-refractivity contribution >= 4 is 11.9 Å². The number of rotatable bonds is 22. The van der Waals surface area contributed by atoms with Crippen LogP contribution in [0.2, 0.25) is 0 Å². The Hall–Kier alpha value is 0.537. The number of hydrogen-bond donors (Lipinski definition) is 0. The molecule has 0 aromatic carbocycles. The monoisotopic (exact) mass is 440 g/mol. The van der Waals surface area contributed by atoms with Crippen LogP contribution < -0.4 is 58.6 Å². The fourth-order valence-corrected chi connectivity index (χ4v) is 4.09. The topological polar surface area (TPSA) is 80.3 Å². The molecule has 0 fully saturated rings. The molecule has 0 amide bonds. The van der Waals surface area contributed by atoms with E-state index in [0.717, 1.165) is 38.5 Å². The minimum Gasteiger partial charge on any atom is -0.549 e. The molecule has 0 aliphatic heterocycles. The largest absolute Gasteiger partial charge is 1.00 e. The quantitative estimate of drug-likeness (QED) is 0.127. The number of unbranched alkanes of at least 4 members (excludes halogenated alkanes) is 16. The first kappa shape index (κ1) is 36.1. The average Bonchev–Trinajstić information content (AvgIpc) is 2.69. The molecule has 0 aromatic heterocycles. The van der Waals surface area contributed by atoms with E-state index in [4.69, 9.17) is 0 Å². The summed E-state index contributed by atoms with van der Waals surface area (Å²) in [5, 5.41) is 23.3. The molecule has 6 heteroatoms. The molecule has 0 N–H and O–H groups in total. The molecule has 0 bridgehead atoms. The second kappa shape index (κ2) is 25.2. The molecule has 0 heterocycles. The van der Waals surface area contributed by atoms with Gasteiger partial charge in [0, 0.05) is 5.41 Å². The van der Waals surface area contributed by atoms with Crippen molar-refractivity contribution in [3.05, 3.63) is 0 Å². The van der Waals surface area contributed by atoms with Crippen LogP contribution in [0.4, 0.5) is 0 Å². The van der Waals surface area contributed by atoms with Gasteiger partial charge in [-0.05, 0) is 12.8 Å². The van der Waals surface area contributed by atoms with Gasteiger partial charge in [-0.1, -0.05) is 129 Å². The summed E-state index contributed by atoms with van der Waals surface area (Å²) in [7, 11) is 0. The predicted molar refractivity (Wildman–Crippen MR) is 116 cm³/mol. The van der Waals surface area contributed by atoms with Gasteiger partial charge in [-0.15, -0.1) is 0 Å². The van der Waals surface area contributed by atoms with Crippen LogP contribution in [0.5, 0.6) is 0 Å². The van der Waals surface area contributed by atoms with Gasteiger partial charge in [-0.3, -0.25) is 0 Å². The Morgan fingerprint density at radius 1 is 0.516 bits per heavy atom. The number of carbonyl (C=O) groups is 2. The summed E-state index contributed by atoms with van der Waals surface area (Å²) in [5.74, 6) is -2.92. The van der Waals surface area contributed by atoms with Gasteiger partial charge in [0.2, 0.25) is 0 Å². The van der Waals surface area contributed by atoms with Gasteiger partial charge in [0.15, 0.2) is 0 Å². The molecule has 0 rings (SSSR count). The maximum absolute atomic E-state index is 11.7. The Labute approximate surface area is 226 Å². The average molecular weight is 441 g/mol. The second-order valence-electron chi connectivity index (χ2n) is 8.81. The van der Waals surface area contributed by atoms with Gasteiger partial charge in [0.1, 0.15) is 0 Å². The Morgan fingerprint density at radius 2 is 0.742 bits per heavy atom. The van der Waals surface area contributed by atoms with Crippen LogP contribution in [0.15, 0.2) is 0 Å². The summed E-state index contributed by atoms with van der Waals surface area (Å²) in [4.78, 5) is 23.3. The van der Waals surface area contributed by atoms with Crippen molar-refractivity contribution < 1.29 is 68.2 Å². The Balaban J connectivity index is -0.00000392. The summed E-state index contributed by atoms with van der Waals surface area (Å²) in [6.07, 6.45) is 20.3. The second-order valence-corrected chi connectivity index (χ2v) is 8.81. The minimum atomic E-state index is -1.80. The third kappa shape index (κ3) is 18.6. The molecule has 0 atom stereocenters. The maximum atomic E-state index is 11.7. The molecule has 0 aliphatic rings. The standard InChI is InChI=1S/C25H48O4.Li.Na/c1-3-5-7-9-11-13-14-16-18-20-22-25(23(26)27,24(28)29)21-19-17-15-12-10-8-6-4-2;;/h3-22H2,1-2H3,(H,26,27)(H,28,29);;/q;2*+1/p-2. The van der Waals surface area contributed by atoms with Crippen LogP contribution in [0.1, 0.15) is 142 Å². The van der Waals surface area contributed by atoms with E-state index in [2.05, 4.69) is 13.8 Å². The van der Waals surface area contributed by atoms with Crippen LogP contribution in [-0.2, 0) is 9.59 Å². The van der Waals surface area contributed by atoms with E-state index in [-0.39, 0.29) is 61.3 Å². The predicted octanol–water partition coefficient (Wildman–Crippen LogP) is -0.678. The van der Waals surface area contributed by atoms with E-state index in [1.165, 1.54) is 64.2 Å². The molecule has 0 radical (unpaired) electrons. The fourth-order valence-electron chi connectivity index (χ4n) is 4.09. The third-order valence-electron chi connectivity index (χ3n) is 6.20. The Bertz CT molecular complexity index is 404. The minimum absolute atomic E-state index is 0. The van der Waals surface area contributed by atoms with Crippen LogP contribution in [0.25, 0.3) is 0 Å². The molecular formula is C25H46LiNaO4. The normalized spacial score (nSPS) is 10.9. The van der Waals surface area contributed by atoms with Gasteiger partial charge in [-0.2, -0.15) is 0 Å². The number of carbonyl (C=O) groups excluding carboxylic acids is 2. The molecule has 172 valence electrons. The van der Waals surface area contributed by atoms with E-state index in [0.29, 0.717) is 12.8 Å². The zero-order valence-electron chi connectivity index (χ0n) is 21.3. The Kier molecular flexibility index (Phi) is 29.3. The van der Waals surface area contributed by atoms with E-state index in [1.54, 1.807) is 0 Å². The third-order valence-corrected chi connectivity index (χ3v) is 6.20. The van der Waals surface area contributed by atoms with Gasteiger partial charge in [0.05, 0.1) is 11.9 Å². The van der Waals surface area contributed by atoms with Crippen molar-refractivity contribution in [2.45, 2.75) is 142 Å². The van der Waals surface area contributed by atoms with Gasteiger partial charge in [0.25, 0.3) is 0 Å². The first-order valence-corrected chi connectivity index (χ1v) is 12.4. The van der Waals surface area contributed by atoms with E-state index < -0.39 is 17.4 Å². The summed E-state index contributed by atoms with van der Waals surface area (Å²) >= 11 is 0. The van der Waals surface area contributed by atoms with Gasteiger partial charge in [-0.25, -0.2) is 0 Å². The summed E-state index contributed by atoms with van der Waals surface area (Å²) < 4.78 is 0. The number of carboxylic acid groups (broad SMARTS) is 2. The summed E-state index contributed by atoms with van der Waals surface area (Å²) in [6.45, 7) is 4.40. The molecule has 31 heavy (non-hydrogen) atoms. The van der Waals surface area contributed by atoms with Crippen LogP contribution in [-0.4, -0.2) is 11.9 Å². The number of carboxylic acids is 2. The molecule has 0 aromatic rings. The zero-order valence-corrected chi connectivity index (χ0v) is 23.3. The fraction of sp³-hybridized carbons (Fsp3) is 0.920.